The molecule has 0 aromatic carbocycles. The molecule has 1 saturated carbocycles. The molecule has 0 N–H and O–H groups in total. The van der Waals surface area contributed by atoms with Crippen molar-refractivity contribution in [2.45, 2.75) is 41.9 Å². The highest BCUT2D eigenvalue weighted by Gasteiger charge is 2.31. The van der Waals surface area contributed by atoms with Gasteiger partial charge in [0.25, 0.3) is 0 Å². The molecule has 0 radical (unpaired) electrons. The first-order chi connectivity index (χ1) is 5.99. The molecule has 1 nitrogen and oxygen atoms in total. The molecule has 1 aliphatic rings. The zero-order valence-electron chi connectivity index (χ0n) is 7.11. The molecule has 0 heterocycles. The van der Waals surface area contributed by atoms with Crippen LogP contribution in [-0.4, -0.2) is 22.8 Å². The average Bonchev–Trinajstić information content (AvgIpc) is 2.01. The van der Waals surface area contributed by atoms with Crippen molar-refractivity contribution in [3.05, 3.63) is 0 Å². The van der Waals surface area contributed by atoms with Crippen molar-refractivity contribution in [3.63, 3.8) is 0 Å². The number of ether oxygens (including phenoxy) is 1. The lowest BCUT2D eigenvalue weighted by Crippen LogP contribution is -2.31. The van der Waals surface area contributed by atoms with E-state index in [4.69, 9.17) is 4.74 Å². The Labute approximate surface area is 89.2 Å². The predicted molar refractivity (Wildman–Crippen MR) is 52.1 cm³/mol. The molecule has 2 unspecified atom stereocenters. The van der Waals surface area contributed by atoms with Crippen molar-refractivity contribution in [1.82, 2.24) is 0 Å². The predicted octanol–water partition coefficient (Wildman–Crippen LogP) is 3.31. The average molecular weight is 308 g/mol. The summed E-state index contributed by atoms with van der Waals surface area (Å²) in [5, 5.41) is 0. The molecule has 0 bridgehead atoms. The van der Waals surface area contributed by atoms with E-state index < -0.39 is 12.8 Å². The van der Waals surface area contributed by atoms with Crippen LogP contribution in [0.5, 0.6) is 0 Å². The lowest BCUT2D eigenvalue weighted by atomic mass is 9.98. The molecule has 1 aliphatic carbocycles. The van der Waals surface area contributed by atoms with Gasteiger partial charge in [-0.05, 0) is 12.8 Å². The van der Waals surface area contributed by atoms with Gasteiger partial charge in [0, 0.05) is 3.92 Å². The quantitative estimate of drug-likeness (QED) is 0.562. The first-order valence-corrected chi connectivity index (χ1v) is 5.56. The summed E-state index contributed by atoms with van der Waals surface area (Å²) in [7, 11) is 0. The summed E-state index contributed by atoms with van der Waals surface area (Å²) in [5.74, 6) is 0. The number of hydrogen-bond donors (Lipinski definition) is 0. The molecule has 78 valence electrons. The molecule has 1 rings (SSSR count). The summed E-state index contributed by atoms with van der Waals surface area (Å²) in [5.41, 5.74) is 0. The molecule has 5 heteroatoms. The number of hydrogen-bond acceptors (Lipinski definition) is 1. The van der Waals surface area contributed by atoms with Crippen LogP contribution in [0.1, 0.15) is 25.7 Å². The second-order valence-electron chi connectivity index (χ2n) is 3.27. The molecule has 0 aliphatic heterocycles. The molecule has 0 spiro atoms. The summed E-state index contributed by atoms with van der Waals surface area (Å²) >= 11 is 2.18. The fourth-order valence-electron chi connectivity index (χ4n) is 1.44. The van der Waals surface area contributed by atoms with Crippen LogP contribution in [0, 0.1) is 0 Å². The third kappa shape index (κ3) is 4.49. The van der Waals surface area contributed by atoms with Crippen LogP contribution in [-0.2, 0) is 4.74 Å². The highest BCUT2D eigenvalue weighted by molar-refractivity contribution is 14.1. The van der Waals surface area contributed by atoms with Crippen LogP contribution in [0.2, 0.25) is 0 Å². The second-order valence-corrected chi connectivity index (χ2v) is 4.87. The van der Waals surface area contributed by atoms with E-state index in [1.54, 1.807) is 0 Å². The maximum atomic E-state index is 11.8. The van der Waals surface area contributed by atoms with Gasteiger partial charge in [0.05, 0.1) is 6.10 Å². The smallest absolute Gasteiger partial charge is 0.368 e. The van der Waals surface area contributed by atoms with E-state index in [1.807, 2.05) is 0 Å². The van der Waals surface area contributed by atoms with E-state index in [1.165, 1.54) is 0 Å². The molecule has 13 heavy (non-hydrogen) atoms. The Bertz CT molecular complexity index is 160. The second kappa shape index (κ2) is 4.82. The fourth-order valence-corrected chi connectivity index (χ4v) is 2.45. The van der Waals surface area contributed by atoms with Gasteiger partial charge in [-0.3, -0.25) is 0 Å². The lowest BCUT2D eigenvalue weighted by molar-refractivity contribution is -0.186. The van der Waals surface area contributed by atoms with E-state index in [0.717, 1.165) is 25.7 Å². The Morgan fingerprint density at radius 1 is 1.23 bits per heavy atom. The molecule has 1 fully saturated rings. The summed E-state index contributed by atoms with van der Waals surface area (Å²) in [6, 6.07) is 0. The summed E-state index contributed by atoms with van der Waals surface area (Å²) in [6.45, 7) is -1.10. The summed E-state index contributed by atoms with van der Waals surface area (Å²) < 4.78 is 40.5. The van der Waals surface area contributed by atoms with Crippen LogP contribution in [0.15, 0.2) is 0 Å². The lowest BCUT2D eigenvalue weighted by Gasteiger charge is -2.27. The van der Waals surface area contributed by atoms with Gasteiger partial charge < -0.3 is 4.74 Å². The normalized spacial score (nSPS) is 30.5. The largest absolute Gasteiger partial charge is 0.411 e. The fraction of sp³-hybridized carbons (Fsp3) is 1.00. The van der Waals surface area contributed by atoms with Gasteiger partial charge in [0.2, 0.25) is 0 Å². The van der Waals surface area contributed by atoms with Gasteiger partial charge >= 0.3 is 6.18 Å². The Balaban J connectivity index is 2.27. The van der Waals surface area contributed by atoms with Gasteiger partial charge in [-0.1, -0.05) is 35.4 Å². The van der Waals surface area contributed by atoms with E-state index in [-0.39, 0.29) is 10.0 Å². The van der Waals surface area contributed by atoms with Crippen LogP contribution < -0.4 is 0 Å². The Kier molecular flexibility index (Phi) is 4.28. The van der Waals surface area contributed by atoms with Gasteiger partial charge in [0.1, 0.15) is 6.61 Å². The Hall–Kier alpha value is 0.480. The molecular weight excluding hydrogens is 296 g/mol. The SMILES string of the molecule is FC(F)(F)COC1CCCCC1I. The molecule has 0 aromatic rings. The monoisotopic (exact) mass is 308 g/mol. The van der Waals surface area contributed by atoms with E-state index >= 15 is 0 Å². The minimum atomic E-state index is -4.19. The number of rotatable bonds is 2. The van der Waals surface area contributed by atoms with Crippen LogP contribution in [0.3, 0.4) is 0 Å². The van der Waals surface area contributed by atoms with Gasteiger partial charge in [0.15, 0.2) is 0 Å². The third-order valence-corrected chi connectivity index (χ3v) is 3.51. The van der Waals surface area contributed by atoms with Crippen molar-refractivity contribution in [1.29, 1.82) is 0 Å². The van der Waals surface area contributed by atoms with Crippen molar-refractivity contribution >= 4 is 22.6 Å². The molecule has 0 saturated heterocycles. The molecule has 0 aromatic heterocycles. The molecular formula is C8H12F3IO. The Morgan fingerprint density at radius 2 is 1.85 bits per heavy atom. The zero-order valence-corrected chi connectivity index (χ0v) is 9.27. The van der Waals surface area contributed by atoms with Crippen LogP contribution in [0.25, 0.3) is 0 Å². The van der Waals surface area contributed by atoms with Crippen LogP contribution >= 0.6 is 22.6 Å². The maximum absolute atomic E-state index is 11.8. The highest BCUT2D eigenvalue weighted by atomic mass is 127. The first-order valence-electron chi connectivity index (χ1n) is 4.31. The summed E-state index contributed by atoms with van der Waals surface area (Å²) in [6.07, 6.45) is -0.543. The van der Waals surface area contributed by atoms with Gasteiger partial charge in [-0.2, -0.15) is 13.2 Å². The maximum Gasteiger partial charge on any atom is 0.411 e. The van der Waals surface area contributed by atoms with E-state index in [0.29, 0.717) is 0 Å². The molecule has 0 amide bonds. The highest BCUT2D eigenvalue weighted by Crippen LogP contribution is 2.28. The first kappa shape index (κ1) is 11.6. The number of halogens is 4. The standard InChI is InChI=1S/C8H12F3IO/c9-8(10,11)5-13-7-4-2-1-3-6(7)12/h6-7H,1-5H2. The Morgan fingerprint density at radius 3 is 2.38 bits per heavy atom. The van der Waals surface area contributed by atoms with E-state index in [2.05, 4.69) is 22.6 Å². The number of alkyl halides is 4. The van der Waals surface area contributed by atoms with Crippen LogP contribution in [0.4, 0.5) is 13.2 Å². The van der Waals surface area contributed by atoms with Crippen molar-refractivity contribution in [3.8, 4) is 0 Å². The molecule has 2 atom stereocenters. The third-order valence-electron chi connectivity index (χ3n) is 2.08. The minimum Gasteiger partial charge on any atom is -0.368 e. The van der Waals surface area contributed by atoms with Crippen molar-refractivity contribution < 1.29 is 17.9 Å². The minimum absolute atomic E-state index is 0.198. The van der Waals surface area contributed by atoms with Crippen molar-refractivity contribution in [2.75, 3.05) is 6.61 Å². The van der Waals surface area contributed by atoms with Crippen molar-refractivity contribution in [2.24, 2.45) is 0 Å². The van der Waals surface area contributed by atoms with E-state index in [9.17, 15) is 13.2 Å². The zero-order chi connectivity index (χ0) is 9.90. The topological polar surface area (TPSA) is 9.23 Å². The van der Waals surface area contributed by atoms with Gasteiger partial charge in [-0.15, -0.1) is 0 Å². The summed E-state index contributed by atoms with van der Waals surface area (Å²) in [4.78, 5) is 0. The van der Waals surface area contributed by atoms with Gasteiger partial charge in [-0.25, -0.2) is 0 Å².